The average Bonchev–Trinajstić information content (AvgIpc) is 3.21. The second-order valence-electron chi connectivity index (χ2n) is 8.88. The van der Waals surface area contributed by atoms with Crippen LogP contribution in [0.5, 0.6) is 0 Å². The van der Waals surface area contributed by atoms with E-state index in [1.165, 1.54) is 41.5 Å². The summed E-state index contributed by atoms with van der Waals surface area (Å²) in [6, 6.07) is 6.91. The van der Waals surface area contributed by atoms with E-state index in [2.05, 4.69) is 47.7 Å². The summed E-state index contributed by atoms with van der Waals surface area (Å²) in [6.45, 7) is 10.0. The lowest BCUT2D eigenvalue weighted by molar-refractivity contribution is -0.134. The van der Waals surface area contributed by atoms with Crippen LogP contribution >= 0.6 is 0 Å². The minimum atomic E-state index is -1.26. The Morgan fingerprint density at radius 1 is 1.11 bits per heavy atom. The summed E-state index contributed by atoms with van der Waals surface area (Å²) in [4.78, 5) is 36.2. The van der Waals surface area contributed by atoms with Crippen molar-refractivity contribution in [3.8, 4) is 0 Å². The minimum Gasteiger partial charge on any atom is -0.478 e. The summed E-state index contributed by atoms with van der Waals surface area (Å²) in [7, 11) is 0. The fourth-order valence-corrected chi connectivity index (χ4v) is 4.92. The number of carbonyl (C=O) groups is 3. The summed E-state index contributed by atoms with van der Waals surface area (Å²) < 4.78 is 1.93. The molecule has 2 aliphatic rings. The number of nitrogens with zero attached hydrogens (tertiary/aromatic N) is 3. The molecule has 2 heterocycles. The van der Waals surface area contributed by atoms with Crippen LogP contribution in [0.3, 0.4) is 0 Å². The number of fused-ring (bicyclic) bond motifs is 2. The number of carboxylic acids is 2. The number of urea groups is 1. The first-order valence-corrected chi connectivity index (χ1v) is 12.6. The Labute approximate surface area is 211 Å². The zero-order valence-electron chi connectivity index (χ0n) is 21.2. The number of carboxylic acid groups (broad SMARTS) is 2. The van der Waals surface area contributed by atoms with Crippen LogP contribution in [0, 0.1) is 0 Å². The number of aromatic nitrogens is 1. The second-order valence-corrected chi connectivity index (χ2v) is 8.88. The van der Waals surface area contributed by atoms with E-state index < -0.39 is 11.9 Å². The number of carbonyl (C=O) groups excluding carboxylic acids is 1. The molecule has 1 aliphatic heterocycles. The van der Waals surface area contributed by atoms with E-state index in [-0.39, 0.29) is 6.03 Å². The Bertz CT molecular complexity index is 1150. The van der Waals surface area contributed by atoms with Gasteiger partial charge in [-0.3, -0.25) is 9.58 Å². The van der Waals surface area contributed by atoms with Gasteiger partial charge in [-0.2, -0.15) is 0 Å². The van der Waals surface area contributed by atoms with Crippen molar-refractivity contribution in [3.63, 3.8) is 0 Å². The van der Waals surface area contributed by atoms with Gasteiger partial charge in [0.05, 0.1) is 5.52 Å². The summed E-state index contributed by atoms with van der Waals surface area (Å²) in [6.07, 6.45) is 10.3. The molecule has 0 fully saturated rings. The first-order chi connectivity index (χ1) is 17.3. The normalized spacial score (nSPS) is 16.6. The zero-order valence-corrected chi connectivity index (χ0v) is 21.2. The van der Waals surface area contributed by atoms with E-state index in [0.29, 0.717) is 31.3 Å². The molecular formula is C27H36N4O5. The molecule has 194 valence electrons. The molecule has 2 aromatic rings. The van der Waals surface area contributed by atoms with Gasteiger partial charge >= 0.3 is 18.0 Å². The highest BCUT2D eigenvalue weighted by atomic mass is 16.4. The van der Waals surface area contributed by atoms with Crippen molar-refractivity contribution >= 4 is 34.4 Å². The number of amides is 2. The highest BCUT2D eigenvalue weighted by molar-refractivity contribution is 5.99. The van der Waals surface area contributed by atoms with Crippen LogP contribution < -0.4 is 5.43 Å². The maximum absolute atomic E-state index is 12.6. The first kappa shape index (κ1) is 27.0. The van der Waals surface area contributed by atoms with Gasteiger partial charge in [0.1, 0.15) is 0 Å². The van der Waals surface area contributed by atoms with E-state index in [4.69, 9.17) is 10.2 Å². The molecule has 36 heavy (non-hydrogen) atoms. The van der Waals surface area contributed by atoms with Gasteiger partial charge in [0.2, 0.25) is 0 Å². The Hall–Kier alpha value is -3.59. The highest BCUT2D eigenvalue weighted by Gasteiger charge is 2.33. The summed E-state index contributed by atoms with van der Waals surface area (Å²) in [5.41, 5.74) is 8.36. The van der Waals surface area contributed by atoms with Crippen LogP contribution in [0.15, 0.2) is 42.6 Å². The zero-order chi connectivity index (χ0) is 26.2. The predicted octanol–water partition coefficient (Wildman–Crippen LogP) is 4.17. The topological polar surface area (TPSA) is 115 Å². The number of rotatable bonds is 8. The molecule has 0 radical (unpaired) electrons. The summed E-state index contributed by atoms with van der Waals surface area (Å²) in [5, 5.41) is 16.9. The van der Waals surface area contributed by atoms with Gasteiger partial charge < -0.3 is 15.1 Å². The lowest BCUT2D eigenvalue weighted by Gasteiger charge is -2.39. The first-order valence-electron chi connectivity index (χ1n) is 12.6. The second kappa shape index (κ2) is 12.4. The molecule has 0 spiro atoms. The van der Waals surface area contributed by atoms with Crippen molar-refractivity contribution in [2.24, 2.45) is 0 Å². The molecule has 2 amide bonds. The number of unbranched alkanes of at least 4 members (excludes halogenated alkanes) is 1. The lowest BCUT2D eigenvalue weighted by atomic mass is 9.81. The van der Waals surface area contributed by atoms with Gasteiger partial charge in [0, 0.05) is 49.4 Å². The Kier molecular flexibility index (Phi) is 9.30. The Morgan fingerprint density at radius 3 is 2.42 bits per heavy atom. The third kappa shape index (κ3) is 6.15. The fraction of sp³-hybridized carbons (Fsp3) is 0.444. The van der Waals surface area contributed by atoms with Crippen LogP contribution in [0.2, 0.25) is 0 Å². The van der Waals surface area contributed by atoms with E-state index in [1.807, 2.05) is 23.4 Å². The van der Waals surface area contributed by atoms with Crippen LogP contribution in [0.4, 0.5) is 4.79 Å². The molecule has 9 nitrogen and oxygen atoms in total. The van der Waals surface area contributed by atoms with E-state index in [1.54, 1.807) is 0 Å². The van der Waals surface area contributed by atoms with E-state index in [0.717, 1.165) is 24.9 Å². The van der Waals surface area contributed by atoms with E-state index >= 15 is 0 Å². The number of hydrogen-bond donors (Lipinski definition) is 3. The van der Waals surface area contributed by atoms with Crippen molar-refractivity contribution in [2.75, 3.05) is 31.6 Å². The average molecular weight is 497 g/mol. The van der Waals surface area contributed by atoms with Gasteiger partial charge in [0.25, 0.3) is 0 Å². The quantitative estimate of drug-likeness (QED) is 0.473. The number of hydrogen-bond acceptors (Lipinski definition) is 4. The monoisotopic (exact) mass is 496 g/mol. The summed E-state index contributed by atoms with van der Waals surface area (Å²) in [5.74, 6) is -2.51. The molecule has 1 aromatic heterocycles. The molecular weight excluding hydrogens is 460 g/mol. The molecule has 0 unspecified atom stereocenters. The van der Waals surface area contributed by atoms with Gasteiger partial charge in [-0.15, -0.1) is 0 Å². The van der Waals surface area contributed by atoms with Crippen molar-refractivity contribution in [2.45, 2.75) is 52.5 Å². The molecule has 9 heteroatoms. The number of aliphatic carboxylic acids is 2. The molecule has 1 aromatic carbocycles. The van der Waals surface area contributed by atoms with Crippen LogP contribution in [-0.4, -0.2) is 74.9 Å². The Balaban J connectivity index is 0.000000392. The summed E-state index contributed by atoms with van der Waals surface area (Å²) >= 11 is 0. The van der Waals surface area contributed by atoms with Crippen LogP contribution in [0.25, 0.3) is 16.5 Å². The smallest absolute Gasteiger partial charge is 0.336 e. The molecule has 1 atom stereocenters. The predicted molar refractivity (Wildman–Crippen MR) is 141 cm³/mol. The third-order valence-electron chi connectivity index (χ3n) is 6.65. The van der Waals surface area contributed by atoms with Gasteiger partial charge in [-0.25, -0.2) is 19.8 Å². The van der Waals surface area contributed by atoms with Gasteiger partial charge in [-0.05, 0) is 62.4 Å². The SMILES string of the molecule is CCCCN1CCC=C2c3cccc4c3c(cn4NC(=O)N(CC)CC)C[C@H]21.O=C(O)/C=C\C(=O)O. The van der Waals surface area contributed by atoms with Crippen molar-refractivity contribution in [1.29, 1.82) is 0 Å². The van der Waals surface area contributed by atoms with Gasteiger partial charge in [-0.1, -0.05) is 31.6 Å². The largest absolute Gasteiger partial charge is 0.478 e. The lowest BCUT2D eigenvalue weighted by Crippen LogP contribution is -2.42. The standard InChI is InChI=1S/C23H32N4O.C4H4O4/c1-4-7-13-26-14-9-11-18-19-10-8-12-20-22(19)17(15-21(18)26)16-27(20)24-23(28)25(5-2)6-3;5-3(6)1-2-4(7)8/h8,10-12,16,21H,4-7,9,13-15H2,1-3H3,(H,24,28);1-2H,(H,5,6)(H,7,8)/b;2-1-/t21-;/m1./s1. The molecule has 0 saturated heterocycles. The van der Waals surface area contributed by atoms with Crippen molar-refractivity contribution in [1.82, 2.24) is 14.5 Å². The maximum Gasteiger partial charge on any atom is 0.336 e. The molecule has 1 aliphatic carbocycles. The number of benzene rings is 1. The molecule has 3 N–H and O–H groups in total. The van der Waals surface area contributed by atoms with Gasteiger partial charge in [0.15, 0.2) is 0 Å². The van der Waals surface area contributed by atoms with Crippen LogP contribution in [0.1, 0.15) is 51.2 Å². The third-order valence-corrected chi connectivity index (χ3v) is 6.65. The van der Waals surface area contributed by atoms with Crippen molar-refractivity contribution < 1.29 is 24.6 Å². The molecule has 0 saturated carbocycles. The minimum absolute atomic E-state index is 0.0423. The molecule has 4 rings (SSSR count). The number of nitrogens with one attached hydrogen (secondary N) is 1. The Morgan fingerprint density at radius 2 is 1.81 bits per heavy atom. The fourth-order valence-electron chi connectivity index (χ4n) is 4.92. The van der Waals surface area contributed by atoms with E-state index in [9.17, 15) is 14.4 Å². The highest BCUT2D eigenvalue weighted by Crippen LogP contribution is 2.41. The van der Waals surface area contributed by atoms with Crippen molar-refractivity contribution in [3.05, 3.63) is 53.8 Å². The van der Waals surface area contributed by atoms with Crippen LogP contribution in [-0.2, 0) is 16.0 Å². The maximum atomic E-state index is 12.6. The molecule has 0 bridgehead atoms.